The van der Waals surface area contributed by atoms with Crippen molar-refractivity contribution in [3.63, 3.8) is 0 Å². The van der Waals surface area contributed by atoms with Crippen LogP contribution in [-0.2, 0) is 31.0 Å². The molecule has 0 spiro atoms. The molecule has 3 aliphatic rings. The van der Waals surface area contributed by atoms with E-state index in [0.29, 0.717) is 43.9 Å². The molecule has 13 heteroatoms. The van der Waals surface area contributed by atoms with E-state index in [2.05, 4.69) is 44.0 Å². The molecule has 0 radical (unpaired) electrons. The number of carbonyl (C=O) groups is 1. The standard InChI is InChI=1S/C27H47N7O2S.2ClH.Mn/c1-36-14-12-30-27(35)31-13-15-37-22-16-20-18-32-25-8-4-2-6-23(25)28-10-11-29-24-7-3-5-9-26(24)33-19-21(17-22)34-20;;;/h16-17,23-26,28-29,32-33H,2-15,18-19H2,1H3,(H2,30,31,35);2*1H;/q;;;+2/p-2/t23-,24-,25-,26-;;;/m1.../s1. The van der Waals surface area contributed by atoms with Crippen LogP contribution in [0.3, 0.4) is 0 Å². The van der Waals surface area contributed by atoms with Crippen molar-refractivity contribution in [1.82, 2.24) is 36.9 Å². The van der Waals surface area contributed by atoms with Crippen LogP contribution in [0.1, 0.15) is 62.8 Å². The molecule has 6 N–H and O–H groups in total. The van der Waals surface area contributed by atoms with Gasteiger partial charge in [-0.15, -0.1) is 11.8 Å². The van der Waals surface area contributed by atoms with Crippen LogP contribution in [0.5, 0.6) is 0 Å². The zero-order valence-corrected chi connectivity index (χ0v) is 27.1. The van der Waals surface area contributed by atoms with Crippen molar-refractivity contribution in [2.24, 2.45) is 0 Å². The Bertz CT molecular complexity index is 815. The molecule has 4 rings (SSSR count). The van der Waals surface area contributed by atoms with Crippen LogP contribution in [-0.4, -0.2) is 80.8 Å². The van der Waals surface area contributed by atoms with Crippen LogP contribution < -0.4 is 31.9 Å². The number of ether oxygens (including phenoxy) is 1. The van der Waals surface area contributed by atoms with Gasteiger partial charge in [0.1, 0.15) is 0 Å². The van der Waals surface area contributed by atoms with Crippen molar-refractivity contribution in [1.29, 1.82) is 0 Å². The number of carbonyl (C=O) groups excluding carboxylic acids is 1. The molecular formula is C27H47Cl2MnN7O2S. The summed E-state index contributed by atoms with van der Waals surface area (Å²) in [7, 11) is 11.2. The van der Waals surface area contributed by atoms with E-state index < -0.39 is 0 Å². The van der Waals surface area contributed by atoms with Gasteiger partial charge in [0.05, 0.1) is 18.0 Å². The maximum absolute atomic E-state index is 11.9. The van der Waals surface area contributed by atoms with E-state index in [0.717, 1.165) is 43.3 Å². The van der Waals surface area contributed by atoms with E-state index in [-0.39, 0.29) is 19.2 Å². The minimum atomic E-state index is -0.147. The number of nitrogens with zero attached hydrogens (tertiary/aromatic N) is 1. The first kappa shape index (κ1) is 34.2. The Balaban J connectivity index is 0.00000141. The number of hydrogen-bond donors (Lipinski definition) is 6. The van der Waals surface area contributed by atoms with Crippen LogP contribution in [0.2, 0.25) is 0 Å². The number of hydrogen-bond acceptors (Lipinski definition) is 8. The summed E-state index contributed by atoms with van der Waals surface area (Å²) in [5, 5.41) is 21.1. The molecule has 0 aromatic carbocycles. The second-order valence-electron chi connectivity index (χ2n) is 10.5. The Hall–Kier alpha value is -0.331. The van der Waals surface area contributed by atoms with Crippen molar-refractivity contribution in [2.45, 2.75) is 93.5 Å². The number of rotatable bonds is 7. The molecule has 2 fully saturated rings. The van der Waals surface area contributed by atoms with E-state index in [4.69, 9.17) is 29.9 Å². The van der Waals surface area contributed by atoms with Crippen molar-refractivity contribution >= 4 is 38.0 Å². The molecule has 1 aliphatic heterocycles. The van der Waals surface area contributed by atoms with Gasteiger partial charge in [0.2, 0.25) is 0 Å². The van der Waals surface area contributed by atoms with E-state index in [1.54, 1.807) is 18.9 Å². The number of amides is 2. The number of fused-ring (bicyclic) bond motifs is 4. The van der Waals surface area contributed by atoms with E-state index in [1.807, 2.05) is 0 Å². The zero-order valence-electron chi connectivity index (χ0n) is 23.6. The Morgan fingerprint density at radius 3 is 1.88 bits per heavy atom. The second-order valence-corrected chi connectivity index (χ2v) is 13.6. The van der Waals surface area contributed by atoms with Gasteiger partial charge in [-0.05, 0) is 37.8 Å². The third-order valence-corrected chi connectivity index (χ3v) is 8.69. The zero-order chi connectivity index (χ0) is 28.4. The van der Waals surface area contributed by atoms with Gasteiger partial charge in [0, 0.05) is 81.2 Å². The topological polar surface area (TPSA) is 111 Å². The van der Waals surface area contributed by atoms with E-state index in [9.17, 15) is 4.79 Å². The van der Waals surface area contributed by atoms with Gasteiger partial charge < -0.3 is 36.6 Å². The molecule has 4 atom stereocenters. The summed E-state index contributed by atoms with van der Waals surface area (Å²) in [6.45, 7) is 5.26. The van der Waals surface area contributed by atoms with Crippen LogP contribution in [0.15, 0.2) is 17.0 Å². The minimum absolute atomic E-state index is 0.00694. The first-order valence-corrected chi connectivity index (χ1v) is 18.8. The molecule has 40 heavy (non-hydrogen) atoms. The van der Waals surface area contributed by atoms with Crippen molar-refractivity contribution in [3.05, 3.63) is 23.5 Å². The Morgan fingerprint density at radius 1 is 0.900 bits per heavy atom. The van der Waals surface area contributed by atoms with E-state index >= 15 is 0 Å². The third kappa shape index (κ3) is 12.9. The Labute approximate surface area is 259 Å². The first-order chi connectivity index (χ1) is 19.6. The van der Waals surface area contributed by atoms with E-state index in [1.165, 1.54) is 56.3 Å². The SMILES string of the molecule is COCCNC(=O)NCCSc1cc2nc(c1)CN[C@@H]1CCCC[C@H]1NCCN[C@@H]1CCCC[C@H]1NC2.[Cl][Mn][Cl]. The van der Waals surface area contributed by atoms with Crippen molar-refractivity contribution in [2.75, 3.05) is 45.6 Å². The molecule has 229 valence electrons. The third-order valence-electron chi connectivity index (χ3n) is 7.71. The van der Waals surface area contributed by atoms with Gasteiger partial charge >= 0.3 is 39.4 Å². The molecular weight excluding hydrogens is 612 g/mol. The van der Waals surface area contributed by atoms with Gasteiger partial charge in [-0.1, -0.05) is 25.7 Å². The predicted octanol–water partition coefficient (Wildman–Crippen LogP) is 3.49. The van der Waals surface area contributed by atoms with Crippen LogP contribution >= 0.6 is 32.0 Å². The first-order valence-electron chi connectivity index (χ1n) is 14.6. The summed E-state index contributed by atoms with van der Waals surface area (Å²) in [6.07, 6.45) is 10.1. The number of thioether (sulfide) groups is 1. The fourth-order valence-electron chi connectivity index (χ4n) is 5.77. The van der Waals surface area contributed by atoms with Gasteiger partial charge in [-0.2, -0.15) is 0 Å². The summed E-state index contributed by atoms with van der Waals surface area (Å²) < 4.78 is 4.97. The number of aromatic nitrogens is 1. The molecule has 2 bridgehead atoms. The number of pyridine rings is 1. The molecule has 9 nitrogen and oxygen atoms in total. The number of urea groups is 1. The Kier molecular flexibility index (Phi) is 17.6. The number of methoxy groups -OCH3 is 1. The molecule has 2 aliphatic carbocycles. The van der Waals surface area contributed by atoms with Crippen LogP contribution in [0.25, 0.3) is 0 Å². The monoisotopic (exact) mass is 658 g/mol. The molecule has 0 unspecified atom stereocenters. The van der Waals surface area contributed by atoms with Crippen LogP contribution in [0, 0.1) is 0 Å². The fourth-order valence-corrected chi connectivity index (χ4v) is 6.65. The Morgan fingerprint density at radius 2 is 1.38 bits per heavy atom. The molecule has 2 amide bonds. The molecule has 2 heterocycles. The van der Waals surface area contributed by atoms with Gasteiger partial charge in [0.15, 0.2) is 0 Å². The van der Waals surface area contributed by atoms with Gasteiger partial charge in [-0.3, -0.25) is 4.98 Å². The normalized spacial score (nSPS) is 25.6. The summed E-state index contributed by atoms with van der Waals surface area (Å²) >= 11 is 1.78. The number of halogens is 2. The summed E-state index contributed by atoms with van der Waals surface area (Å²) in [5.41, 5.74) is 2.20. The van der Waals surface area contributed by atoms with Crippen molar-refractivity contribution < 1.29 is 22.7 Å². The molecule has 1 aromatic heterocycles. The average molecular weight is 660 g/mol. The average Bonchev–Trinajstić information content (AvgIpc) is 2.97. The number of nitrogens with one attached hydrogen (secondary N) is 6. The molecule has 0 saturated heterocycles. The van der Waals surface area contributed by atoms with Crippen molar-refractivity contribution in [3.8, 4) is 0 Å². The molecule has 2 saturated carbocycles. The van der Waals surface area contributed by atoms with Gasteiger partial charge in [0.25, 0.3) is 0 Å². The van der Waals surface area contributed by atoms with Gasteiger partial charge in [-0.25, -0.2) is 4.79 Å². The summed E-state index contributed by atoms with van der Waals surface area (Å²) in [5.74, 6) is 0.810. The second kappa shape index (κ2) is 20.6. The maximum atomic E-state index is 11.9. The quantitative estimate of drug-likeness (QED) is 0.150. The fraction of sp³-hybridized carbons (Fsp3) is 0.778. The summed E-state index contributed by atoms with van der Waals surface area (Å²) in [6, 6.07) is 6.31. The summed E-state index contributed by atoms with van der Waals surface area (Å²) in [4.78, 5) is 18.2. The molecule has 1 aromatic rings. The predicted molar refractivity (Wildman–Crippen MR) is 162 cm³/mol. The van der Waals surface area contributed by atoms with Crippen LogP contribution in [0.4, 0.5) is 4.79 Å².